The molecule has 2 aromatic carbocycles. The van der Waals surface area contributed by atoms with Crippen molar-refractivity contribution < 1.29 is 14.7 Å². The molecule has 0 aliphatic carbocycles. The molecule has 0 unspecified atom stereocenters. The van der Waals surface area contributed by atoms with Gasteiger partial charge in [0.05, 0.1) is 5.56 Å². The van der Waals surface area contributed by atoms with Crippen molar-refractivity contribution in [1.29, 1.82) is 0 Å². The predicted octanol–water partition coefficient (Wildman–Crippen LogP) is 2.25. The molecule has 0 aromatic heterocycles. The highest BCUT2D eigenvalue weighted by atomic mass is 127. The number of para-hydroxylation sites is 1. The molecule has 0 aliphatic rings. The maximum Gasteiger partial charge on any atom is 0.273 e. The third kappa shape index (κ3) is 4.65. The Labute approximate surface area is 157 Å². The van der Waals surface area contributed by atoms with Crippen LogP contribution in [0.4, 0.5) is 0 Å². The molecular formula is C16H14IN3O3S. The maximum atomic E-state index is 12.1. The average Bonchev–Trinajstić information content (AvgIpc) is 2.55. The number of halogens is 1. The summed E-state index contributed by atoms with van der Waals surface area (Å²) < 4.78 is 0.965. The fraction of sp³-hybridized carbons (Fsp3) is 0.0625. The lowest BCUT2D eigenvalue weighted by Gasteiger charge is -2.11. The minimum atomic E-state index is -0.574. The van der Waals surface area contributed by atoms with E-state index in [1.165, 1.54) is 12.1 Å². The van der Waals surface area contributed by atoms with Gasteiger partial charge in [0.15, 0.2) is 5.11 Å². The van der Waals surface area contributed by atoms with Crippen LogP contribution in [0.5, 0.6) is 5.75 Å². The molecule has 6 nitrogen and oxygen atoms in total. The number of rotatable bonds is 2. The molecule has 2 aromatic rings. The number of carbonyl (C=O) groups is 2. The molecule has 2 amide bonds. The highest BCUT2D eigenvalue weighted by Crippen LogP contribution is 2.15. The topological polar surface area (TPSA) is 90.5 Å². The van der Waals surface area contributed by atoms with Crippen LogP contribution in [0, 0.1) is 10.5 Å². The molecule has 24 heavy (non-hydrogen) atoms. The Balaban J connectivity index is 1.91. The van der Waals surface area contributed by atoms with Gasteiger partial charge < -0.3 is 5.11 Å². The van der Waals surface area contributed by atoms with Crippen molar-refractivity contribution in [2.24, 2.45) is 0 Å². The zero-order chi connectivity index (χ0) is 17.7. The SMILES string of the molecule is Cc1ccc(C(=O)NC(=S)NNC(=O)c2ccccc2O)cc1I. The van der Waals surface area contributed by atoms with Gasteiger partial charge in [0.1, 0.15) is 5.75 Å². The van der Waals surface area contributed by atoms with Gasteiger partial charge in [0.2, 0.25) is 0 Å². The van der Waals surface area contributed by atoms with E-state index in [9.17, 15) is 14.7 Å². The van der Waals surface area contributed by atoms with Crippen molar-refractivity contribution in [1.82, 2.24) is 16.2 Å². The van der Waals surface area contributed by atoms with Gasteiger partial charge >= 0.3 is 0 Å². The average molecular weight is 455 g/mol. The lowest BCUT2D eigenvalue weighted by atomic mass is 10.1. The van der Waals surface area contributed by atoms with Crippen LogP contribution in [0.15, 0.2) is 42.5 Å². The maximum absolute atomic E-state index is 12.1. The summed E-state index contributed by atoms with van der Waals surface area (Å²) in [7, 11) is 0. The van der Waals surface area contributed by atoms with E-state index in [0.717, 1.165) is 9.13 Å². The summed E-state index contributed by atoms with van der Waals surface area (Å²) in [5.74, 6) is -1.11. The molecule has 124 valence electrons. The highest BCUT2D eigenvalue weighted by molar-refractivity contribution is 14.1. The fourth-order valence-corrected chi connectivity index (χ4v) is 2.45. The minimum absolute atomic E-state index is 0.0562. The number of aryl methyl sites for hydroxylation is 1. The first-order chi connectivity index (χ1) is 11.4. The lowest BCUT2D eigenvalue weighted by Crippen LogP contribution is -2.48. The fourth-order valence-electron chi connectivity index (χ4n) is 1.79. The van der Waals surface area contributed by atoms with Crippen molar-refractivity contribution in [3.63, 3.8) is 0 Å². The van der Waals surface area contributed by atoms with Crippen molar-refractivity contribution in [2.45, 2.75) is 6.92 Å². The van der Waals surface area contributed by atoms with E-state index in [-0.39, 0.29) is 22.3 Å². The van der Waals surface area contributed by atoms with E-state index in [2.05, 4.69) is 38.8 Å². The third-order valence-electron chi connectivity index (χ3n) is 3.10. The third-order valence-corrected chi connectivity index (χ3v) is 4.47. The van der Waals surface area contributed by atoms with Crippen molar-refractivity contribution >= 4 is 51.7 Å². The first-order valence-corrected chi connectivity index (χ1v) is 8.33. The Morgan fingerprint density at radius 3 is 2.46 bits per heavy atom. The summed E-state index contributed by atoms with van der Waals surface area (Å²) in [4.78, 5) is 24.0. The van der Waals surface area contributed by atoms with E-state index in [4.69, 9.17) is 12.2 Å². The number of phenolic OH excluding ortho intramolecular Hbond substituents is 1. The summed E-state index contributed by atoms with van der Waals surface area (Å²) in [6, 6.07) is 11.4. The van der Waals surface area contributed by atoms with Gasteiger partial charge in [-0.15, -0.1) is 0 Å². The van der Waals surface area contributed by atoms with Gasteiger partial charge in [0, 0.05) is 9.13 Å². The lowest BCUT2D eigenvalue weighted by molar-refractivity contribution is 0.0932. The number of hydrazine groups is 1. The quantitative estimate of drug-likeness (QED) is 0.317. The second-order valence-electron chi connectivity index (χ2n) is 4.84. The number of hydrogen-bond donors (Lipinski definition) is 4. The first-order valence-electron chi connectivity index (χ1n) is 6.84. The number of aromatic hydroxyl groups is 1. The molecular weight excluding hydrogens is 441 g/mol. The Morgan fingerprint density at radius 1 is 1.08 bits per heavy atom. The number of nitrogens with one attached hydrogen (secondary N) is 3. The van der Waals surface area contributed by atoms with Crippen LogP contribution < -0.4 is 16.2 Å². The number of hydrogen-bond acceptors (Lipinski definition) is 4. The molecule has 0 spiro atoms. The molecule has 0 aliphatic heterocycles. The molecule has 0 radical (unpaired) electrons. The van der Waals surface area contributed by atoms with E-state index in [0.29, 0.717) is 5.56 Å². The van der Waals surface area contributed by atoms with Crippen LogP contribution in [0.1, 0.15) is 26.3 Å². The van der Waals surface area contributed by atoms with E-state index >= 15 is 0 Å². The molecule has 8 heteroatoms. The standard InChI is InChI=1S/C16H14IN3O3S/c1-9-6-7-10(8-12(9)17)14(22)18-16(24)20-19-15(23)11-4-2-3-5-13(11)21/h2-8,21H,1H3,(H,19,23)(H2,18,20,22,24). The summed E-state index contributed by atoms with van der Waals surface area (Å²) in [6.07, 6.45) is 0. The van der Waals surface area contributed by atoms with Crippen molar-refractivity contribution in [3.05, 3.63) is 62.7 Å². The molecule has 0 atom stereocenters. The second kappa shape index (κ2) is 8.06. The number of thiocarbonyl (C=S) groups is 1. The predicted molar refractivity (Wildman–Crippen MR) is 103 cm³/mol. The monoisotopic (exact) mass is 455 g/mol. The second-order valence-corrected chi connectivity index (χ2v) is 6.41. The van der Waals surface area contributed by atoms with Crippen LogP contribution in [0.3, 0.4) is 0 Å². The number of carbonyl (C=O) groups excluding carboxylic acids is 2. The summed E-state index contributed by atoms with van der Waals surface area (Å²) in [5.41, 5.74) is 6.35. The van der Waals surface area contributed by atoms with Gasteiger partial charge in [-0.3, -0.25) is 25.8 Å². The minimum Gasteiger partial charge on any atom is -0.507 e. The van der Waals surface area contributed by atoms with E-state index < -0.39 is 5.91 Å². The van der Waals surface area contributed by atoms with Crippen LogP contribution in [-0.2, 0) is 0 Å². The Bertz CT molecular complexity index is 811. The molecule has 0 fully saturated rings. The van der Waals surface area contributed by atoms with Crippen LogP contribution >= 0.6 is 34.8 Å². The van der Waals surface area contributed by atoms with Crippen LogP contribution in [0.2, 0.25) is 0 Å². The van der Waals surface area contributed by atoms with Gasteiger partial charge in [0.25, 0.3) is 11.8 Å². The summed E-state index contributed by atoms with van der Waals surface area (Å²) in [6.45, 7) is 1.95. The largest absolute Gasteiger partial charge is 0.507 e. The molecule has 2 rings (SSSR count). The Hall–Kier alpha value is -2.20. The Morgan fingerprint density at radius 2 is 1.79 bits per heavy atom. The Kier molecular flexibility index (Phi) is 6.10. The smallest absolute Gasteiger partial charge is 0.273 e. The molecule has 4 N–H and O–H groups in total. The molecule has 0 heterocycles. The summed E-state index contributed by atoms with van der Waals surface area (Å²) >= 11 is 7.11. The zero-order valence-electron chi connectivity index (χ0n) is 12.6. The van der Waals surface area contributed by atoms with Crippen molar-refractivity contribution in [2.75, 3.05) is 0 Å². The highest BCUT2D eigenvalue weighted by Gasteiger charge is 2.12. The van der Waals surface area contributed by atoms with E-state index in [1.54, 1.807) is 24.3 Å². The van der Waals surface area contributed by atoms with Crippen LogP contribution in [-0.4, -0.2) is 22.0 Å². The number of phenols is 1. The molecule has 0 saturated carbocycles. The first kappa shape index (κ1) is 18.1. The van der Waals surface area contributed by atoms with Gasteiger partial charge in [-0.2, -0.15) is 0 Å². The molecule has 0 saturated heterocycles. The van der Waals surface area contributed by atoms with Crippen LogP contribution in [0.25, 0.3) is 0 Å². The normalized spacial score (nSPS) is 9.92. The number of amides is 2. The van der Waals surface area contributed by atoms with Gasteiger partial charge in [-0.05, 0) is 71.6 Å². The van der Waals surface area contributed by atoms with E-state index in [1.807, 2.05) is 13.0 Å². The zero-order valence-corrected chi connectivity index (χ0v) is 15.6. The van der Waals surface area contributed by atoms with Gasteiger partial charge in [-0.25, -0.2) is 0 Å². The van der Waals surface area contributed by atoms with Crippen molar-refractivity contribution in [3.8, 4) is 5.75 Å². The summed E-state index contributed by atoms with van der Waals surface area (Å²) in [5, 5.41) is 12.0. The van der Waals surface area contributed by atoms with Gasteiger partial charge in [-0.1, -0.05) is 18.2 Å². The number of benzene rings is 2. The molecule has 0 bridgehead atoms.